The second-order valence-electron chi connectivity index (χ2n) is 5.59. The number of benzene rings is 2. The lowest BCUT2D eigenvalue weighted by molar-refractivity contribution is -0.137. The van der Waals surface area contributed by atoms with Gasteiger partial charge in [-0.15, -0.1) is 0 Å². The minimum atomic E-state index is -4.49. The van der Waals surface area contributed by atoms with E-state index in [4.69, 9.17) is 4.78 Å². The Morgan fingerprint density at radius 1 is 1.08 bits per heavy atom. The Bertz CT molecular complexity index is 869. The fourth-order valence-corrected chi connectivity index (χ4v) is 3.86. The number of alkyl halides is 3. The summed E-state index contributed by atoms with van der Waals surface area (Å²) in [6.45, 7) is -0.114. The standard InChI is InChI=1S/C16H12F5N3OS/c17-12-6-1-9(7-13(12)18)8-24-14(26(22)23-15(24)25)10-2-4-11(5-3-10)16(19,20)21/h1-7,14H,8H2,(H2,22,23,25). The molecule has 1 aliphatic heterocycles. The number of hydrogen-bond acceptors (Lipinski definition) is 2. The van der Waals surface area contributed by atoms with E-state index < -0.39 is 45.7 Å². The zero-order valence-electron chi connectivity index (χ0n) is 13.0. The lowest BCUT2D eigenvalue weighted by atomic mass is 10.1. The van der Waals surface area contributed by atoms with Crippen LogP contribution in [-0.2, 0) is 23.6 Å². The van der Waals surface area contributed by atoms with Crippen LogP contribution >= 0.6 is 0 Å². The van der Waals surface area contributed by atoms with Crippen LogP contribution in [0, 0.1) is 16.4 Å². The van der Waals surface area contributed by atoms with Gasteiger partial charge in [0.25, 0.3) is 0 Å². The summed E-state index contributed by atoms with van der Waals surface area (Å²) in [4.78, 5) is 13.3. The molecule has 138 valence electrons. The first-order valence-electron chi connectivity index (χ1n) is 7.29. The van der Waals surface area contributed by atoms with Crippen LogP contribution in [0.1, 0.15) is 22.1 Å². The molecule has 1 fully saturated rings. The molecule has 1 aliphatic rings. The molecule has 2 unspecified atom stereocenters. The van der Waals surface area contributed by atoms with E-state index in [1.165, 1.54) is 23.1 Å². The largest absolute Gasteiger partial charge is 0.416 e. The number of nitrogens with zero attached hydrogens (tertiary/aromatic N) is 1. The van der Waals surface area contributed by atoms with Crippen molar-refractivity contribution in [2.24, 2.45) is 0 Å². The van der Waals surface area contributed by atoms with Crippen molar-refractivity contribution in [3.63, 3.8) is 0 Å². The van der Waals surface area contributed by atoms with E-state index in [0.717, 1.165) is 24.3 Å². The van der Waals surface area contributed by atoms with Crippen LogP contribution in [0.3, 0.4) is 0 Å². The minimum Gasteiger partial charge on any atom is -0.301 e. The van der Waals surface area contributed by atoms with Crippen LogP contribution in [0.15, 0.2) is 42.5 Å². The van der Waals surface area contributed by atoms with Crippen molar-refractivity contribution in [3.05, 3.63) is 70.8 Å². The second-order valence-corrected chi connectivity index (χ2v) is 6.92. The van der Waals surface area contributed by atoms with Crippen molar-refractivity contribution in [2.75, 3.05) is 0 Å². The van der Waals surface area contributed by atoms with E-state index >= 15 is 0 Å². The molecule has 2 aromatic rings. The van der Waals surface area contributed by atoms with Crippen molar-refractivity contribution in [3.8, 4) is 0 Å². The van der Waals surface area contributed by atoms with E-state index in [1.54, 1.807) is 0 Å². The average molecular weight is 389 g/mol. The van der Waals surface area contributed by atoms with Crippen LogP contribution in [-0.4, -0.2) is 10.9 Å². The summed E-state index contributed by atoms with van der Waals surface area (Å²) in [5, 5.41) is -0.835. The van der Waals surface area contributed by atoms with E-state index in [1.807, 2.05) is 0 Å². The molecule has 1 heterocycles. The van der Waals surface area contributed by atoms with Gasteiger partial charge in [-0.2, -0.15) is 13.2 Å². The molecular weight excluding hydrogens is 377 g/mol. The third kappa shape index (κ3) is 3.55. The van der Waals surface area contributed by atoms with Crippen LogP contribution in [0.2, 0.25) is 0 Å². The number of rotatable bonds is 3. The molecule has 26 heavy (non-hydrogen) atoms. The second kappa shape index (κ2) is 6.67. The Balaban J connectivity index is 1.89. The summed E-state index contributed by atoms with van der Waals surface area (Å²) in [7, 11) is -1.41. The maximum absolute atomic E-state index is 13.4. The van der Waals surface area contributed by atoms with Gasteiger partial charge in [-0.25, -0.2) is 13.6 Å². The van der Waals surface area contributed by atoms with Gasteiger partial charge in [0.1, 0.15) is 5.37 Å². The Kier molecular flexibility index (Phi) is 4.70. The first-order chi connectivity index (χ1) is 12.2. The molecule has 10 heteroatoms. The Morgan fingerprint density at radius 3 is 2.31 bits per heavy atom. The predicted octanol–water partition coefficient (Wildman–Crippen LogP) is 4.50. The first-order valence-corrected chi connectivity index (χ1v) is 8.58. The number of halogens is 5. The molecule has 2 N–H and O–H groups in total. The van der Waals surface area contributed by atoms with Crippen molar-refractivity contribution < 1.29 is 26.7 Å². The van der Waals surface area contributed by atoms with Gasteiger partial charge in [0.15, 0.2) is 11.6 Å². The highest BCUT2D eigenvalue weighted by atomic mass is 32.2. The molecule has 0 bridgehead atoms. The maximum Gasteiger partial charge on any atom is 0.416 e. The van der Waals surface area contributed by atoms with Crippen LogP contribution < -0.4 is 4.72 Å². The highest BCUT2D eigenvalue weighted by Gasteiger charge is 2.37. The van der Waals surface area contributed by atoms with Crippen LogP contribution in [0.4, 0.5) is 26.7 Å². The van der Waals surface area contributed by atoms with Crippen LogP contribution in [0.5, 0.6) is 0 Å². The van der Waals surface area contributed by atoms with Gasteiger partial charge in [-0.3, -0.25) is 9.50 Å². The molecule has 1 saturated heterocycles. The van der Waals surface area contributed by atoms with Gasteiger partial charge in [-0.05, 0) is 35.4 Å². The van der Waals surface area contributed by atoms with E-state index in [-0.39, 0.29) is 6.54 Å². The minimum absolute atomic E-state index is 0.114. The number of hydrogen-bond donors (Lipinski definition) is 2. The number of carbonyl (C=O) groups is 1. The molecule has 2 atom stereocenters. The Labute approximate surface area is 147 Å². The molecule has 4 nitrogen and oxygen atoms in total. The Hall–Kier alpha value is -2.49. The monoisotopic (exact) mass is 389 g/mol. The normalized spacial score (nSPS) is 20.3. The molecule has 2 aromatic carbocycles. The van der Waals surface area contributed by atoms with E-state index in [2.05, 4.69) is 4.72 Å². The molecule has 0 aromatic heterocycles. The van der Waals surface area contributed by atoms with Crippen molar-refractivity contribution in [1.29, 1.82) is 4.78 Å². The maximum atomic E-state index is 13.4. The average Bonchev–Trinajstić information content (AvgIpc) is 2.84. The van der Waals surface area contributed by atoms with E-state index in [0.29, 0.717) is 11.1 Å². The van der Waals surface area contributed by atoms with E-state index in [9.17, 15) is 26.7 Å². The number of nitrogens with one attached hydrogen (secondary N) is 2. The van der Waals surface area contributed by atoms with Crippen molar-refractivity contribution in [2.45, 2.75) is 18.1 Å². The van der Waals surface area contributed by atoms with Gasteiger partial charge in [0.2, 0.25) is 0 Å². The fourth-order valence-electron chi connectivity index (χ4n) is 2.58. The number of carbonyl (C=O) groups excluding carboxylic acids is 1. The third-order valence-corrected chi connectivity index (χ3v) is 5.19. The summed E-state index contributed by atoms with van der Waals surface area (Å²) in [6.07, 6.45) is -4.49. The molecule has 0 spiro atoms. The summed E-state index contributed by atoms with van der Waals surface area (Å²) in [5.74, 6) is -2.10. The smallest absolute Gasteiger partial charge is 0.301 e. The summed E-state index contributed by atoms with van der Waals surface area (Å²) in [5.41, 5.74) is -0.192. The summed E-state index contributed by atoms with van der Waals surface area (Å²) < 4.78 is 74.9. The van der Waals surface area contributed by atoms with Gasteiger partial charge < -0.3 is 4.90 Å². The van der Waals surface area contributed by atoms with Gasteiger partial charge in [-0.1, -0.05) is 18.2 Å². The quantitative estimate of drug-likeness (QED) is 0.746. The van der Waals surface area contributed by atoms with Crippen molar-refractivity contribution in [1.82, 2.24) is 9.62 Å². The lowest BCUT2D eigenvalue weighted by Crippen LogP contribution is -2.29. The summed E-state index contributed by atoms with van der Waals surface area (Å²) in [6, 6.07) is 6.74. The number of amides is 2. The first kappa shape index (κ1) is 18.3. The SMILES string of the molecule is N=S1NC(=O)N(Cc2ccc(F)c(F)c2)C1c1ccc(C(F)(F)F)cc1. The molecule has 3 rings (SSSR count). The summed E-state index contributed by atoms with van der Waals surface area (Å²) >= 11 is 0. The molecule has 2 amide bonds. The molecule has 0 radical (unpaired) electrons. The zero-order chi connectivity index (χ0) is 19.1. The zero-order valence-corrected chi connectivity index (χ0v) is 13.8. The fraction of sp³-hybridized carbons (Fsp3) is 0.188. The van der Waals surface area contributed by atoms with Gasteiger partial charge >= 0.3 is 12.2 Å². The molecule has 0 saturated carbocycles. The molecule has 0 aliphatic carbocycles. The predicted molar refractivity (Wildman–Crippen MR) is 84.7 cm³/mol. The highest BCUT2D eigenvalue weighted by Crippen LogP contribution is 2.34. The topological polar surface area (TPSA) is 56.2 Å². The Morgan fingerprint density at radius 2 is 1.73 bits per heavy atom. The van der Waals surface area contributed by atoms with Gasteiger partial charge in [0, 0.05) is 17.4 Å². The molecular formula is C16H12F5N3OS. The third-order valence-electron chi connectivity index (χ3n) is 3.82. The number of urea groups is 1. The van der Waals surface area contributed by atoms with Gasteiger partial charge in [0.05, 0.1) is 5.56 Å². The lowest BCUT2D eigenvalue weighted by Gasteiger charge is -2.23. The van der Waals surface area contributed by atoms with Crippen LogP contribution in [0.25, 0.3) is 0 Å². The highest BCUT2D eigenvalue weighted by molar-refractivity contribution is 7.85. The van der Waals surface area contributed by atoms with Crippen molar-refractivity contribution >= 4 is 16.9 Å².